The number of aryl methyl sites for hydroxylation is 1. The molecule has 0 aliphatic heterocycles. The predicted octanol–water partition coefficient (Wildman–Crippen LogP) is 10.1. The van der Waals surface area contributed by atoms with Gasteiger partial charge >= 0.3 is 0 Å². The minimum atomic E-state index is -5.00. The first kappa shape index (κ1) is 60.8. The number of nitrogens with zero attached hydrogens (tertiary/aromatic N) is 10. The Morgan fingerprint density at radius 2 is 1.44 bits per heavy atom. The molecule has 0 aliphatic carbocycles. The van der Waals surface area contributed by atoms with Gasteiger partial charge in [-0.1, -0.05) is 29.0 Å². The zero-order chi connectivity index (χ0) is 60.0. The largest absolute Gasteiger partial charge is 0.493 e. The fourth-order valence-corrected chi connectivity index (χ4v) is 13.4. The fourth-order valence-electron chi connectivity index (χ4n) is 7.91. The van der Waals surface area contributed by atoms with Gasteiger partial charge in [-0.05, 0) is 91.9 Å². The Morgan fingerprint density at radius 1 is 0.768 bits per heavy atom. The molecular weight excluding hydrogens is 1240 g/mol. The van der Waals surface area contributed by atoms with Crippen LogP contribution in [-0.2, 0) is 55.4 Å². The standard InChI is InChI=1S/C45H38ClN11O18S7/c1-21-14-32(53-55-38-22(2)27(20-47)43-49-39-34(57(43)44(38)59)9-8-28(46)42(39)82(72,73)74)35(75-10-4-12-78(60,61)62)18-29(21)51-54-33-17-30(48-23(3)58)31(19-36(33)76-11-5-13-79(63,64)65)52-56-45-50-40-37(81(69,70)71)16-24-15-25(80(66,67)68)6-7-26(24)41(40)77-45/h6-9,14-19,59H,4-5,10-13H2,1-3H3,(H,48,58)(H,60,61,62)(H,63,64,65)(H,66,67,68)(H,69,70,71)(H,72,73,74). The summed E-state index contributed by atoms with van der Waals surface area (Å²) in [5.74, 6) is -2.71. The highest BCUT2D eigenvalue weighted by Gasteiger charge is 2.28. The first-order valence-electron chi connectivity index (χ1n) is 22.8. The van der Waals surface area contributed by atoms with Crippen molar-refractivity contribution in [2.24, 2.45) is 30.7 Å². The maximum absolute atomic E-state index is 12.6. The SMILES string of the molecule is CC(=O)Nc1cc(N=Nc2cc(OCCCS(=O)(=O)O)c(N=Nc3c(C)c(C#N)c4nc5c(S(=O)(=O)O)c(Cl)ccc5n4c3O)cc2C)c(SCCCS(=O)(=O)O)cc1N=Nc1nc2c(S(=O)(=O)O)cc3cc(S(=O)(=O)O)ccc3c2s1. The van der Waals surface area contributed by atoms with Crippen molar-refractivity contribution < 1.29 is 79.5 Å². The van der Waals surface area contributed by atoms with Gasteiger partial charge in [0.1, 0.15) is 55.3 Å². The van der Waals surface area contributed by atoms with Crippen LogP contribution in [0.2, 0.25) is 5.02 Å². The number of carbonyl (C=O) groups excluding carboxylic acids is 1. The molecule has 0 bridgehead atoms. The Kier molecular flexibility index (Phi) is 17.2. The monoisotopic (exact) mass is 1280 g/mol. The second-order valence-electron chi connectivity index (χ2n) is 17.4. The van der Waals surface area contributed by atoms with Crippen LogP contribution in [0.3, 0.4) is 0 Å². The Hall–Kier alpha value is -7.25. The van der Waals surface area contributed by atoms with E-state index in [0.29, 0.717) is 5.56 Å². The summed E-state index contributed by atoms with van der Waals surface area (Å²) in [5.41, 5.74) is -1.21. The number of thiazole rings is 1. The molecule has 37 heteroatoms. The van der Waals surface area contributed by atoms with Crippen LogP contribution in [0.4, 0.5) is 39.3 Å². The molecule has 8 rings (SSSR count). The van der Waals surface area contributed by atoms with Crippen molar-refractivity contribution >= 4 is 168 Å². The Bertz CT molecular complexity index is 4760. The molecule has 3 heterocycles. The number of benzene rings is 5. The highest BCUT2D eigenvalue weighted by Crippen LogP contribution is 2.45. The second-order valence-corrected chi connectivity index (χ2v) is 27.2. The first-order chi connectivity index (χ1) is 38.2. The van der Waals surface area contributed by atoms with Crippen molar-refractivity contribution in [3.63, 3.8) is 0 Å². The fraction of sp³-hybridized carbons (Fsp3) is 0.200. The Morgan fingerprint density at radius 3 is 2.09 bits per heavy atom. The maximum atomic E-state index is 12.6. The van der Waals surface area contributed by atoms with Gasteiger partial charge in [0.15, 0.2) is 11.3 Å². The van der Waals surface area contributed by atoms with Crippen LogP contribution in [0.15, 0.2) is 111 Å². The third-order valence-electron chi connectivity index (χ3n) is 11.5. The number of carbonyl (C=O) groups is 1. The smallest absolute Gasteiger partial charge is 0.298 e. The Balaban J connectivity index is 1.22. The van der Waals surface area contributed by atoms with Crippen molar-refractivity contribution in [1.29, 1.82) is 5.26 Å². The van der Waals surface area contributed by atoms with E-state index < -0.39 is 93.6 Å². The lowest BCUT2D eigenvalue weighted by Gasteiger charge is -2.13. The van der Waals surface area contributed by atoms with Crippen LogP contribution in [0, 0.1) is 25.2 Å². The molecule has 8 aromatic rings. The lowest BCUT2D eigenvalue weighted by Crippen LogP contribution is -2.08. The minimum absolute atomic E-state index is 0.00986. The van der Waals surface area contributed by atoms with Crippen molar-refractivity contribution in [1.82, 2.24) is 14.4 Å². The summed E-state index contributed by atoms with van der Waals surface area (Å²) in [4.78, 5) is 19.2. The average Bonchev–Trinajstić information content (AvgIpc) is 2.64. The number of thioether (sulfide) groups is 1. The van der Waals surface area contributed by atoms with Crippen LogP contribution >= 0.6 is 34.7 Å². The highest BCUT2D eigenvalue weighted by molar-refractivity contribution is 7.99. The van der Waals surface area contributed by atoms with E-state index in [0.717, 1.165) is 51.8 Å². The molecule has 7 N–H and O–H groups in total. The molecule has 0 atom stereocenters. The van der Waals surface area contributed by atoms with Crippen LogP contribution in [0.5, 0.6) is 11.6 Å². The van der Waals surface area contributed by atoms with Crippen LogP contribution < -0.4 is 10.1 Å². The lowest BCUT2D eigenvalue weighted by molar-refractivity contribution is -0.114. The molecule has 29 nitrogen and oxygen atoms in total. The molecular formula is C45H38ClN11O18S7. The summed E-state index contributed by atoms with van der Waals surface area (Å²) < 4.78 is 175. The van der Waals surface area contributed by atoms with Gasteiger partial charge in [0, 0.05) is 28.8 Å². The molecule has 0 saturated carbocycles. The summed E-state index contributed by atoms with van der Waals surface area (Å²) in [6.45, 7) is 3.78. The molecule has 0 spiro atoms. The number of amides is 1. The quantitative estimate of drug-likeness (QED) is 0.0161. The van der Waals surface area contributed by atoms with Gasteiger partial charge in [0.05, 0.1) is 49.6 Å². The summed E-state index contributed by atoms with van der Waals surface area (Å²) in [6, 6.07) is 14.1. The highest BCUT2D eigenvalue weighted by atomic mass is 35.5. The van der Waals surface area contributed by atoms with Crippen LogP contribution in [-0.4, -0.2) is 114 Å². The summed E-state index contributed by atoms with van der Waals surface area (Å²) in [6.07, 6.45) is -0.313. The normalized spacial score (nSPS) is 13.0. The van der Waals surface area contributed by atoms with Gasteiger partial charge in [-0.3, -0.25) is 32.0 Å². The number of imidazole rings is 1. The number of hydrogen-bond donors (Lipinski definition) is 7. The molecule has 0 saturated heterocycles. The number of pyridine rings is 1. The third kappa shape index (κ3) is 13.6. The second kappa shape index (κ2) is 23.2. The number of anilines is 1. The number of aromatic nitrogens is 3. The zero-order valence-corrected chi connectivity index (χ0v) is 48.3. The van der Waals surface area contributed by atoms with E-state index in [1.165, 1.54) is 50.2 Å². The van der Waals surface area contributed by atoms with E-state index in [9.17, 15) is 80.0 Å². The van der Waals surface area contributed by atoms with Gasteiger partial charge in [-0.15, -0.1) is 37.3 Å². The molecule has 3 aromatic heterocycles. The first-order valence-corrected chi connectivity index (χ1v) is 32.5. The van der Waals surface area contributed by atoms with E-state index in [2.05, 4.69) is 46.0 Å². The number of hydrogen-bond acceptors (Lipinski definition) is 24. The molecule has 430 valence electrons. The predicted molar refractivity (Wildman–Crippen MR) is 298 cm³/mol. The number of fused-ring (bicyclic) bond motifs is 6. The number of nitriles is 1. The molecule has 0 fully saturated rings. The van der Waals surface area contributed by atoms with Crippen LogP contribution in [0.25, 0.3) is 37.7 Å². The zero-order valence-electron chi connectivity index (χ0n) is 41.8. The van der Waals surface area contributed by atoms with E-state index in [1.54, 1.807) is 6.92 Å². The Labute approximate surface area is 477 Å². The number of ether oxygens (including phenoxy) is 1. The van der Waals surface area contributed by atoms with E-state index >= 15 is 0 Å². The van der Waals surface area contributed by atoms with Gasteiger partial charge in [0.25, 0.3) is 50.6 Å². The summed E-state index contributed by atoms with van der Waals surface area (Å²) in [5, 5.41) is 49.9. The van der Waals surface area contributed by atoms with Crippen molar-refractivity contribution in [3.05, 3.63) is 82.4 Å². The minimum Gasteiger partial charge on any atom is -0.493 e. The third-order valence-corrected chi connectivity index (χ3v) is 18.3. The van der Waals surface area contributed by atoms with Gasteiger partial charge in [-0.2, -0.15) is 52.5 Å². The molecule has 0 aliphatic rings. The van der Waals surface area contributed by atoms with Gasteiger partial charge in [-0.25, -0.2) is 9.97 Å². The van der Waals surface area contributed by atoms with Crippen molar-refractivity contribution in [2.45, 2.75) is 53.2 Å². The van der Waals surface area contributed by atoms with Crippen molar-refractivity contribution in [3.8, 4) is 17.7 Å². The molecule has 82 heavy (non-hydrogen) atoms. The van der Waals surface area contributed by atoms with E-state index in [4.69, 9.17) is 16.3 Å². The number of azo groups is 3. The number of rotatable bonds is 20. The average molecular weight is 1280 g/mol. The molecule has 0 radical (unpaired) electrons. The summed E-state index contributed by atoms with van der Waals surface area (Å²) >= 11 is 7.91. The van der Waals surface area contributed by atoms with Gasteiger partial charge in [0.2, 0.25) is 16.9 Å². The van der Waals surface area contributed by atoms with Gasteiger partial charge < -0.3 is 15.2 Å². The maximum Gasteiger partial charge on any atom is 0.298 e. The van der Waals surface area contributed by atoms with Crippen molar-refractivity contribution in [2.75, 3.05) is 29.2 Å². The number of nitrogens with one attached hydrogen (secondary N) is 1. The molecule has 5 aromatic carbocycles. The number of aromatic hydroxyl groups is 1. The molecule has 0 unspecified atom stereocenters. The van der Waals surface area contributed by atoms with E-state index in [-0.39, 0.29) is 124 Å². The van der Waals surface area contributed by atoms with E-state index in [1.807, 2.05) is 6.07 Å². The van der Waals surface area contributed by atoms with Crippen LogP contribution in [0.1, 0.15) is 36.5 Å². The topological polar surface area (TPSA) is 459 Å². The summed E-state index contributed by atoms with van der Waals surface area (Å²) in [7, 11) is -23.5. The molecule has 1 amide bonds. The number of halogens is 1. The lowest BCUT2D eigenvalue weighted by atomic mass is 10.1.